The molecule has 0 aliphatic heterocycles. The Hall–Kier alpha value is 0.280. The van der Waals surface area contributed by atoms with E-state index in [0.717, 1.165) is 19.3 Å². The van der Waals surface area contributed by atoms with Gasteiger partial charge in [-0.25, -0.2) is 4.39 Å². The lowest BCUT2D eigenvalue weighted by molar-refractivity contribution is 0.256. The number of halogens is 1. The van der Waals surface area contributed by atoms with Crippen molar-refractivity contribution in [2.75, 3.05) is 6.26 Å². The molecular weight excluding hydrogens is 135 g/mol. The molecule has 1 aliphatic rings. The Morgan fingerprint density at radius 1 is 1.44 bits per heavy atom. The van der Waals surface area contributed by atoms with Crippen molar-refractivity contribution in [3.05, 3.63) is 0 Å². The average Bonchev–Trinajstić information content (AvgIpc) is 1.88. The van der Waals surface area contributed by atoms with Gasteiger partial charge in [-0.15, -0.1) is 0 Å². The van der Waals surface area contributed by atoms with E-state index in [1.54, 1.807) is 0 Å². The number of rotatable bonds is 1. The summed E-state index contributed by atoms with van der Waals surface area (Å²) >= 11 is 1.81. The van der Waals surface area contributed by atoms with E-state index in [2.05, 4.69) is 6.26 Å². The second-order valence-electron chi connectivity index (χ2n) is 2.62. The predicted molar refractivity (Wildman–Crippen MR) is 40.7 cm³/mol. The van der Waals surface area contributed by atoms with Gasteiger partial charge in [-0.2, -0.15) is 11.8 Å². The molecule has 2 unspecified atom stereocenters. The summed E-state index contributed by atoms with van der Waals surface area (Å²) in [5, 5.41) is 0.605. The summed E-state index contributed by atoms with van der Waals surface area (Å²) in [6.45, 7) is 0. The minimum atomic E-state index is -0.504. The van der Waals surface area contributed by atoms with Gasteiger partial charge in [-0.1, -0.05) is 0 Å². The van der Waals surface area contributed by atoms with Crippen LogP contribution >= 0.6 is 11.8 Å². The Morgan fingerprint density at radius 2 is 2.22 bits per heavy atom. The van der Waals surface area contributed by atoms with E-state index < -0.39 is 6.17 Å². The first-order valence-electron chi connectivity index (χ1n) is 3.50. The van der Waals surface area contributed by atoms with Crippen molar-refractivity contribution in [2.24, 2.45) is 0 Å². The molecule has 0 radical (unpaired) electrons. The lowest BCUT2D eigenvalue weighted by Gasteiger charge is -2.22. The molecule has 1 rings (SSSR count). The Balaban J connectivity index is 2.23. The smallest absolute Gasteiger partial charge is 0.101 e. The van der Waals surface area contributed by atoms with Crippen molar-refractivity contribution in [3.63, 3.8) is 0 Å². The van der Waals surface area contributed by atoms with E-state index in [4.69, 9.17) is 0 Å². The van der Waals surface area contributed by atoms with Gasteiger partial charge in [0.2, 0.25) is 0 Å². The summed E-state index contributed by atoms with van der Waals surface area (Å²) in [7, 11) is 0. The molecule has 1 saturated carbocycles. The Bertz CT molecular complexity index is 85.0. The Kier molecular flexibility index (Phi) is 2.83. The van der Waals surface area contributed by atoms with Gasteiger partial charge in [0.05, 0.1) is 0 Å². The topological polar surface area (TPSA) is 0 Å². The maximum Gasteiger partial charge on any atom is 0.101 e. The molecule has 0 N–H and O–H groups in total. The van der Waals surface area contributed by atoms with Gasteiger partial charge in [0, 0.05) is 5.25 Å². The monoisotopic (exact) mass is 148 g/mol. The molecule has 0 amide bonds. The third kappa shape index (κ3) is 2.17. The van der Waals surface area contributed by atoms with Crippen LogP contribution < -0.4 is 0 Å². The van der Waals surface area contributed by atoms with Crippen LogP contribution in [0.1, 0.15) is 25.7 Å². The van der Waals surface area contributed by atoms with Crippen LogP contribution in [0.2, 0.25) is 0 Å². The minimum Gasteiger partial charge on any atom is -0.247 e. The molecule has 1 aliphatic carbocycles. The van der Waals surface area contributed by atoms with E-state index in [-0.39, 0.29) is 0 Å². The highest BCUT2D eigenvalue weighted by atomic mass is 32.2. The predicted octanol–water partition coefficient (Wildman–Crippen LogP) is 2.63. The van der Waals surface area contributed by atoms with Crippen molar-refractivity contribution in [3.8, 4) is 0 Å². The fourth-order valence-corrected chi connectivity index (χ4v) is 2.11. The van der Waals surface area contributed by atoms with Crippen molar-refractivity contribution in [2.45, 2.75) is 37.1 Å². The number of thioether (sulfide) groups is 1. The van der Waals surface area contributed by atoms with Gasteiger partial charge in [0.1, 0.15) is 6.17 Å². The number of alkyl halides is 1. The van der Waals surface area contributed by atoms with E-state index in [9.17, 15) is 4.39 Å². The minimum absolute atomic E-state index is 0.504. The van der Waals surface area contributed by atoms with Gasteiger partial charge in [0.15, 0.2) is 0 Å². The molecule has 2 heteroatoms. The van der Waals surface area contributed by atoms with E-state index in [0.29, 0.717) is 5.25 Å². The summed E-state index contributed by atoms with van der Waals surface area (Å²) in [6.07, 6.45) is 5.48. The fraction of sp³-hybridized carbons (Fsp3) is 1.00. The van der Waals surface area contributed by atoms with Crippen molar-refractivity contribution >= 4 is 11.8 Å². The maximum atomic E-state index is 12.6. The third-order valence-corrected chi connectivity index (χ3v) is 2.99. The molecule has 2 atom stereocenters. The summed E-state index contributed by atoms with van der Waals surface area (Å²) < 4.78 is 12.6. The van der Waals surface area contributed by atoms with Crippen LogP contribution in [0.25, 0.3) is 0 Å². The number of hydrogen-bond donors (Lipinski definition) is 0. The average molecular weight is 148 g/mol. The Morgan fingerprint density at radius 3 is 2.67 bits per heavy atom. The van der Waals surface area contributed by atoms with E-state index >= 15 is 0 Å². The van der Waals surface area contributed by atoms with Crippen LogP contribution in [0.4, 0.5) is 4.39 Å². The summed E-state index contributed by atoms with van der Waals surface area (Å²) in [5.41, 5.74) is 0. The molecule has 0 bridgehead atoms. The zero-order valence-electron chi connectivity index (χ0n) is 5.77. The molecule has 0 saturated heterocycles. The molecule has 0 spiro atoms. The van der Waals surface area contributed by atoms with Crippen LogP contribution in [0, 0.1) is 0 Å². The standard InChI is InChI=1S/C7H13FS/c1-9-7-4-2-3-6(8)5-7/h6-7H,2-5H2,1H3. The molecule has 0 aromatic heterocycles. The lowest BCUT2D eigenvalue weighted by atomic mass is 9.98. The highest BCUT2D eigenvalue weighted by Crippen LogP contribution is 2.28. The Labute approximate surface area is 60.2 Å². The zero-order valence-corrected chi connectivity index (χ0v) is 6.59. The van der Waals surface area contributed by atoms with Crippen LogP contribution in [0.3, 0.4) is 0 Å². The molecule has 9 heavy (non-hydrogen) atoms. The molecule has 0 aromatic rings. The first-order valence-corrected chi connectivity index (χ1v) is 4.78. The summed E-state index contributed by atoms with van der Waals surface area (Å²) in [6, 6.07) is 0. The van der Waals surface area contributed by atoms with Crippen LogP contribution in [0.15, 0.2) is 0 Å². The lowest BCUT2D eigenvalue weighted by Crippen LogP contribution is -2.17. The highest BCUT2D eigenvalue weighted by Gasteiger charge is 2.19. The molecule has 0 aromatic carbocycles. The maximum absolute atomic E-state index is 12.6. The molecular formula is C7H13FS. The van der Waals surface area contributed by atoms with Gasteiger partial charge >= 0.3 is 0 Å². The highest BCUT2D eigenvalue weighted by molar-refractivity contribution is 7.99. The third-order valence-electron chi connectivity index (χ3n) is 1.90. The van der Waals surface area contributed by atoms with E-state index in [1.165, 1.54) is 6.42 Å². The first kappa shape index (κ1) is 7.39. The molecule has 0 nitrogen and oxygen atoms in total. The van der Waals surface area contributed by atoms with Crippen LogP contribution in [-0.2, 0) is 0 Å². The summed E-state index contributed by atoms with van der Waals surface area (Å²) in [5.74, 6) is 0. The summed E-state index contributed by atoms with van der Waals surface area (Å²) in [4.78, 5) is 0. The number of hydrogen-bond acceptors (Lipinski definition) is 1. The molecule has 1 fully saturated rings. The first-order chi connectivity index (χ1) is 4.33. The van der Waals surface area contributed by atoms with Gasteiger partial charge < -0.3 is 0 Å². The van der Waals surface area contributed by atoms with Gasteiger partial charge in [-0.05, 0) is 31.9 Å². The quantitative estimate of drug-likeness (QED) is 0.551. The van der Waals surface area contributed by atoms with Crippen molar-refractivity contribution in [1.29, 1.82) is 0 Å². The largest absolute Gasteiger partial charge is 0.247 e. The fourth-order valence-electron chi connectivity index (χ4n) is 1.30. The van der Waals surface area contributed by atoms with Gasteiger partial charge in [0.25, 0.3) is 0 Å². The molecule has 0 heterocycles. The van der Waals surface area contributed by atoms with E-state index in [1.807, 2.05) is 11.8 Å². The SMILES string of the molecule is CSC1CCCC(F)C1. The van der Waals surface area contributed by atoms with Crippen molar-refractivity contribution < 1.29 is 4.39 Å². The van der Waals surface area contributed by atoms with Crippen LogP contribution in [-0.4, -0.2) is 17.7 Å². The molecule has 54 valence electrons. The zero-order chi connectivity index (χ0) is 6.69. The normalized spacial score (nSPS) is 36.7. The van der Waals surface area contributed by atoms with Crippen molar-refractivity contribution in [1.82, 2.24) is 0 Å². The second-order valence-corrected chi connectivity index (χ2v) is 3.76. The van der Waals surface area contributed by atoms with Crippen LogP contribution in [0.5, 0.6) is 0 Å². The second kappa shape index (κ2) is 3.45. The van der Waals surface area contributed by atoms with Gasteiger partial charge in [-0.3, -0.25) is 0 Å².